The van der Waals surface area contributed by atoms with Gasteiger partial charge in [-0.05, 0) is 44.4 Å². The Labute approximate surface area is 152 Å². The molecule has 7 heteroatoms. The number of rotatable bonds is 8. The monoisotopic (exact) mass is 360 g/mol. The van der Waals surface area contributed by atoms with Crippen molar-refractivity contribution in [3.63, 3.8) is 0 Å². The summed E-state index contributed by atoms with van der Waals surface area (Å²) in [6, 6.07) is 8.99. The van der Waals surface area contributed by atoms with Crippen LogP contribution in [0.4, 0.5) is 5.95 Å². The molecule has 0 aliphatic rings. The van der Waals surface area contributed by atoms with Gasteiger partial charge in [-0.3, -0.25) is 4.79 Å². The van der Waals surface area contributed by atoms with Gasteiger partial charge in [0, 0.05) is 23.7 Å². The molecule has 6 nitrogen and oxygen atoms in total. The molecule has 2 aromatic rings. The largest absolute Gasteiger partial charge is 0.475 e. The lowest BCUT2D eigenvalue weighted by atomic mass is 10.1. The highest BCUT2D eigenvalue weighted by atomic mass is 32.2. The maximum Gasteiger partial charge on any atom is 0.251 e. The van der Waals surface area contributed by atoms with Crippen LogP contribution in [0, 0.1) is 0 Å². The fourth-order valence-electron chi connectivity index (χ4n) is 2.21. The first kappa shape index (κ1) is 19.1. The normalized spacial score (nSPS) is 10.7. The second-order valence-electron chi connectivity index (χ2n) is 5.80. The minimum Gasteiger partial charge on any atom is -0.475 e. The second kappa shape index (κ2) is 9.27. The summed E-state index contributed by atoms with van der Waals surface area (Å²) in [6.45, 7) is 4.52. The molecule has 0 spiro atoms. The van der Waals surface area contributed by atoms with Crippen LogP contribution in [0.3, 0.4) is 0 Å². The Morgan fingerprint density at radius 3 is 2.64 bits per heavy atom. The number of hydrogen-bond donors (Lipinski definition) is 2. The van der Waals surface area contributed by atoms with Crippen LogP contribution in [-0.2, 0) is 0 Å². The molecule has 1 aromatic heterocycles. The molecule has 0 atom stereocenters. The summed E-state index contributed by atoms with van der Waals surface area (Å²) >= 11 is 1.77. The first-order valence-corrected chi connectivity index (χ1v) is 9.57. The average molecular weight is 360 g/mol. The van der Waals surface area contributed by atoms with E-state index in [9.17, 15) is 4.79 Å². The molecule has 0 aliphatic heterocycles. The van der Waals surface area contributed by atoms with Gasteiger partial charge in [-0.1, -0.05) is 12.1 Å². The SMILES string of the molecule is CSCCCNC(=O)c1ccc(-c2cc(OC(C)C)nc(N)n2)cc1. The molecule has 0 fully saturated rings. The lowest BCUT2D eigenvalue weighted by molar-refractivity contribution is 0.0954. The minimum absolute atomic E-state index is 0.000620. The van der Waals surface area contributed by atoms with E-state index in [0.29, 0.717) is 23.7 Å². The van der Waals surface area contributed by atoms with E-state index in [4.69, 9.17) is 10.5 Å². The van der Waals surface area contributed by atoms with Gasteiger partial charge in [0.1, 0.15) is 0 Å². The van der Waals surface area contributed by atoms with Crippen LogP contribution in [-0.4, -0.2) is 40.5 Å². The molecule has 0 bridgehead atoms. The van der Waals surface area contributed by atoms with E-state index in [1.165, 1.54) is 0 Å². The number of ether oxygens (including phenoxy) is 1. The van der Waals surface area contributed by atoms with Crippen molar-refractivity contribution in [3.8, 4) is 17.1 Å². The van der Waals surface area contributed by atoms with Gasteiger partial charge in [0.05, 0.1) is 11.8 Å². The Balaban J connectivity index is 2.09. The minimum atomic E-state index is -0.0707. The molecule has 0 saturated carbocycles. The highest BCUT2D eigenvalue weighted by Gasteiger charge is 2.09. The molecular formula is C18H24N4O2S. The summed E-state index contributed by atoms with van der Waals surface area (Å²) in [5.41, 5.74) is 7.89. The number of benzene rings is 1. The van der Waals surface area contributed by atoms with E-state index in [2.05, 4.69) is 21.5 Å². The van der Waals surface area contributed by atoms with Crippen molar-refractivity contribution in [3.05, 3.63) is 35.9 Å². The Bertz CT molecular complexity index is 705. The summed E-state index contributed by atoms with van der Waals surface area (Å²) < 4.78 is 5.59. The number of nitrogens with two attached hydrogens (primary N) is 1. The van der Waals surface area contributed by atoms with Gasteiger partial charge < -0.3 is 15.8 Å². The third kappa shape index (κ3) is 5.94. The third-order valence-corrected chi connectivity index (χ3v) is 4.03. The molecule has 0 aliphatic carbocycles. The van der Waals surface area contributed by atoms with Gasteiger partial charge >= 0.3 is 0 Å². The number of carbonyl (C=O) groups is 1. The number of nitrogens with one attached hydrogen (secondary N) is 1. The quantitative estimate of drug-likeness (QED) is 0.703. The van der Waals surface area contributed by atoms with E-state index in [0.717, 1.165) is 17.7 Å². The molecule has 1 heterocycles. The van der Waals surface area contributed by atoms with Crippen molar-refractivity contribution in [1.82, 2.24) is 15.3 Å². The average Bonchev–Trinajstić information content (AvgIpc) is 2.57. The molecule has 1 amide bonds. The summed E-state index contributed by atoms with van der Waals surface area (Å²) in [5.74, 6) is 1.56. The molecule has 0 saturated heterocycles. The Hall–Kier alpha value is -2.28. The number of carbonyl (C=O) groups excluding carboxylic acids is 1. The Morgan fingerprint density at radius 2 is 2.00 bits per heavy atom. The first-order chi connectivity index (χ1) is 12.0. The number of thioether (sulfide) groups is 1. The molecule has 2 rings (SSSR count). The van der Waals surface area contributed by atoms with Crippen molar-refractivity contribution in [1.29, 1.82) is 0 Å². The van der Waals surface area contributed by atoms with E-state index >= 15 is 0 Å². The number of amides is 1. The zero-order valence-electron chi connectivity index (χ0n) is 14.8. The highest BCUT2D eigenvalue weighted by molar-refractivity contribution is 7.98. The lowest BCUT2D eigenvalue weighted by Crippen LogP contribution is -2.24. The standard InChI is InChI=1S/C18H24N4O2S/c1-12(2)24-16-11-15(21-18(19)22-16)13-5-7-14(8-6-13)17(23)20-9-4-10-25-3/h5-8,11-12H,4,9-10H2,1-3H3,(H,20,23)(H2,19,21,22). The zero-order valence-corrected chi connectivity index (χ0v) is 15.6. The van der Waals surface area contributed by atoms with E-state index in [1.54, 1.807) is 30.0 Å². The van der Waals surface area contributed by atoms with Crippen molar-refractivity contribution < 1.29 is 9.53 Å². The van der Waals surface area contributed by atoms with Crippen LogP contribution in [0.1, 0.15) is 30.6 Å². The van der Waals surface area contributed by atoms with Gasteiger partial charge in [-0.15, -0.1) is 0 Å². The van der Waals surface area contributed by atoms with Crippen molar-refractivity contribution in [2.24, 2.45) is 0 Å². The second-order valence-corrected chi connectivity index (χ2v) is 6.78. The third-order valence-electron chi connectivity index (χ3n) is 3.33. The van der Waals surface area contributed by atoms with Gasteiger partial charge in [0.2, 0.25) is 11.8 Å². The van der Waals surface area contributed by atoms with E-state index < -0.39 is 0 Å². The fourth-order valence-corrected chi connectivity index (χ4v) is 2.64. The molecule has 134 valence electrons. The van der Waals surface area contributed by atoms with Gasteiger partial charge in [0.25, 0.3) is 5.91 Å². The highest BCUT2D eigenvalue weighted by Crippen LogP contribution is 2.22. The van der Waals surface area contributed by atoms with Crippen LogP contribution in [0.5, 0.6) is 5.88 Å². The van der Waals surface area contributed by atoms with Crippen LogP contribution in [0.15, 0.2) is 30.3 Å². The summed E-state index contributed by atoms with van der Waals surface area (Å²) in [5, 5.41) is 2.91. The van der Waals surface area contributed by atoms with Crippen molar-refractivity contribution >= 4 is 23.6 Å². The summed E-state index contributed by atoms with van der Waals surface area (Å²) in [6.07, 6.45) is 3.02. The van der Waals surface area contributed by atoms with E-state index in [-0.39, 0.29) is 18.0 Å². The summed E-state index contributed by atoms with van der Waals surface area (Å²) in [4.78, 5) is 20.4. The molecule has 1 aromatic carbocycles. The fraction of sp³-hybridized carbons (Fsp3) is 0.389. The molecule has 0 unspecified atom stereocenters. The van der Waals surface area contributed by atoms with Crippen LogP contribution in [0.25, 0.3) is 11.3 Å². The lowest BCUT2D eigenvalue weighted by Gasteiger charge is -2.11. The predicted octanol–water partition coefficient (Wildman–Crippen LogP) is 3.00. The molecular weight excluding hydrogens is 336 g/mol. The number of nitrogen functional groups attached to an aromatic ring is 1. The van der Waals surface area contributed by atoms with Crippen LogP contribution >= 0.6 is 11.8 Å². The zero-order chi connectivity index (χ0) is 18.2. The van der Waals surface area contributed by atoms with Crippen molar-refractivity contribution in [2.75, 3.05) is 24.3 Å². The maximum absolute atomic E-state index is 12.1. The molecule has 3 N–H and O–H groups in total. The van der Waals surface area contributed by atoms with Gasteiger partial charge in [0.15, 0.2) is 0 Å². The molecule has 25 heavy (non-hydrogen) atoms. The van der Waals surface area contributed by atoms with Gasteiger partial charge in [-0.25, -0.2) is 4.98 Å². The number of aromatic nitrogens is 2. The molecule has 0 radical (unpaired) electrons. The first-order valence-electron chi connectivity index (χ1n) is 8.18. The van der Waals surface area contributed by atoms with Crippen molar-refractivity contribution in [2.45, 2.75) is 26.4 Å². The van der Waals surface area contributed by atoms with Crippen LogP contribution in [0.2, 0.25) is 0 Å². The predicted molar refractivity (Wildman–Crippen MR) is 103 cm³/mol. The maximum atomic E-state index is 12.1. The Kier molecular flexibility index (Phi) is 7.06. The summed E-state index contributed by atoms with van der Waals surface area (Å²) in [7, 11) is 0. The van der Waals surface area contributed by atoms with Crippen LogP contribution < -0.4 is 15.8 Å². The van der Waals surface area contributed by atoms with Gasteiger partial charge in [-0.2, -0.15) is 16.7 Å². The number of anilines is 1. The topological polar surface area (TPSA) is 90.1 Å². The van der Waals surface area contributed by atoms with E-state index in [1.807, 2.05) is 26.0 Å². The number of hydrogen-bond acceptors (Lipinski definition) is 6. The Morgan fingerprint density at radius 1 is 1.28 bits per heavy atom. The smallest absolute Gasteiger partial charge is 0.251 e. The number of nitrogens with zero attached hydrogens (tertiary/aromatic N) is 2.